The number of nitrogens with zero attached hydrogens (tertiary/aromatic N) is 2. The summed E-state index contributed by atoms with van der Waals surface area (Å²) in [5.74, 6) is -0.0840. The van der Waals surface area contributed by atoms with Crippen LogP contribution in [-0.4, -0.2) is 23.9 Å². The fraction of sp³-hybridized carbons (Fsp3) is 0.304. The van der Waals surface area contributed by atoms with Gasteiger partial charge in [0.1, 0.15) is 0 Å². The Morgan fingerprint density at radius 3 is 2.68 bits per heavy atom. The normalized spacial score (nSPS) is 15.1. The molecule has 1 saturated carbocycles. The first-order chi connectivity index (χ1) is 14.9. The van der Waals surface area contributed by atoms with E-state index in [4.69, 9.17) is 0 Å². The van der Waals surface area contributed by atoms with Gasteiger partial charge in [-0.15, -0.1) is 11.3 Å². The summed E-state index contributed by atoms with van der Waals surface area (Å²) in [5.41, 5.74) is 2.59. The van der Waals surface area contributed by atoms with E-state index in [-0.39, 0.29) is 11.3 Å². The SMILES string of the molecule is Cn1c2ccccc2c2cc(S(=O)(=O)NC(=O)Cc3csc(C4CCCC4)n3)ccc21. The smallest absolute Gasteiger partial charge is 0.264 e. The van der Waals surface area contributed by atoms with Gasteiger partial charge in [-0.1, -0.05) is 31.0 Å². The van der Waals surface area contributed by atoms with E-state index in [0.717, 1.165) is 39.7 Å². The molecule has 5 rings (SSSR count). The van der Waals surface area contributed by atoms with Crippen LogP contribution in [0.25, 0.3) is 21.8 Å². The lowest BCUT2D eigenvalue weighted by atomic mass is 10.1. The van der Waals surface area contributed by atoms with Crippen LogP contribution in [0.15, 0.2) is 52.7 Å². The van der Waals surface area contributed by atoms with Crippen LogP contribution in [0.3, 0.4) is 0 Å². The maximum Gasteiger partial charge on any atom is 0.264 e. The Kier molecular flexibility index (Phi) is 5.06. The molecular formula is C23H23N3O3S2. The van der Waals surface area contributed by atoms with E-state index in [1.807, 2.05) is 41.3 Å². The van der Waals surface area contributed by atoms with Gasteiger partial charge < -0.3 is 4.57 Å². The van der Waals surface area contributed by atoms with Crippen LogP contribution < -0.4 is 4.72 Å². The third kappa shape index (κ3) is 3.74. The standard InChI is InChI=1S/C23H23N3O3S2/c1-26-20-9-5-4-8-18(20)19-13-17(10-11-21(19)26)31(28,29)25-22(27)12-16-14-30-23(24-16)15-6-2-3-7-15/h4-5,8-11,13-15H,2-3,6-7,12H2,1H3,(H,25,27). The second kappa shape index (κ2) is 7.76. The number of sulfonamides is 1. The predicted molar refractivity (Wildman–Crippen MR) is 123 cm³/mol. The predicted octanol–water partition coefficient (Wildman–Crippen LogP) is 4.49. The molecule has 160 valence electrons. The number of carbonyl (C=O) groups excluding carboxylic acids is 1. The van der Waals surface area contributed by atoms with Crippen molar-refractivity contribution in [1.82, 2.24) is 14.3 Å². The number of thiazole rings is 1. The number of carbonyl (C=O) groups is 1. The number of aromatic nitrogens is 2. The third-order valence-corrected chi connectivity index (χ3v) is 8.49. The van der Waals surface area contributed by atoms with Crippen LogP contribution in [0, 0.1) is 0 Å². The highest BCUT2D eigenvalue weighted by Gasteiger charge is 2.23. The van der Waals surface area contributed by atoms with Gasteiger partial charge in [-0.2, -0.15) is 0 Å². The van der Waals surface area contributed by atoms with Gasteiger partial charge in [0.2, 0.25) is 5.91 Å². The highest BCUT2D eigenvalue weighted by atomic mass is 32.2. The van der Waals surface area contributed by atoms with Crippen LogP contribution in [0.5, 0.6) is 0 Å². The minimum absolute atomic E-state index is 0.0427. The van der Waals surface area contributed by atoms with Gasteiger partial charge in [-0.25, -0.2) is 18.1 Å². The van der Waals surface area contributed by atoms with E-state index in [0.29, 0.717) is 11.6 Å². The second-order valence-electron chi connectivity index (χ2n) is 8.12. The van der Waals surface area contributed by atoms with Crippen molar-refractivity contribution < 1.29 is 13.2 Å². The molecule has 1 fully saturated rings. The number of nitrogens with one attached hydrogen (secondary N) is 1. The number of hydrogen-bond acceptors (Lipinski definition) is 5. The topological polar surface area (TPSA) is 81.1 Å². The molecule has 4 aromatic rings. The first-order valence-corrected chi connectivity index (χ1v) is 12.8. The van der Waals surface area contributed by atoms with Crippen LogP contribution in [0.1, 0.15) is 42.3 Å². The second-order valence-corrected chi connectivity index (χ2v) is 10.7. The molecule has 0 atom stereocenters. The quantitative estimate of drug-likeness (QED) is 0.483. The van der Waals surface area contributed by atoms with Crippen molar-refractivity contribution in [3.8, 4) is 0 Å². The van der Waals surface area contributed by atoms with Crippen molar-refractivity contribution in [3.63, 3.8) is 0 Å². The zero-order chi connectivity index (χ0) is 21.6. The molecule has 8 heteroatoms. The number of aryl methyl sites for hydroxylation is 1. The third-order valence-electron chi connectivity index (χ3n) is 6.06. The first-order valence-electron chi connectivity index (χ1n) is 10.4. The number of hydrogen-bond donors (Lipinski definition) is 1. The lowest BCUT2D eigenvalue weighted by molar-refractivity contribution is -0.118. The van der Waals surface area contributed by atoms with Gasteiger partial charge >= 0.3 is 0 Å². The molecule has 2 heterocycles. The average molecular weight is 454 g/mol. The number of fused-ring (bicyclic) bond motifs is 3. The molecule has 1 aliphatic rings. The molecule has 0 saturated heterocycles. The van der Waals surface area contributed by atoms with Gasteiger partial charge in [0, 0.05) is 40.2 Å². The molecule has 6 nitrogen and oxygen atoms in total. The Bertz CT molecular complexity index is 1400. The highest BCUT2D eigenvalue weighted by Crippen LogP contribution is 2.35. The Morgan fingerprint density at radius 1 is 1.13 bits per heavy atom. The average Bonchev–Trinajstić information content (AvgIpc) is 3.48. The summed E-state index contributed by atoms with van der Waals surface area (Å²) in [6, 6.07) is 12.8. The van der Waals surface area contributed by atoms with E-state index >= 15 is 0 Å². The zero-order valence-electron chi connectivity index (χ0n) is 17.2. The van der Waals surface area contributed by atoms with Crippen molar-refractivity contribution in [2.45, 2.75) is 42.9 Å². The van der Waals surface area contributed by atoms with E-state index in [2.05, 4.69) is 9.71 Å². The summed E-state index contributed by atoms with van der Waals surface area (Å²) in [7, 11) is -2.02. The van der Waals surface area contributed by atoms with Crippen LogP contribution in [0.4, 0.5) is 0 Å². The van der Waals surface area contributed by atoms with Crippen LogP contribution in [0.2, 0.25) is 0 Å². The molecule has 0 unspecified atom stereocenters. The van der Waals surface area contributed by atoms with Crippen molar-refractivity contribution in [2.75, 3.05) is 0 Å². The largest absolute Gasteiger partial charge is 0.344 e. The Labute approximate surface area is 185 Å². The van der Waals surface area contributed by atoms with E-state index in [1.165, 1.54) is 18.9 Å². The Balaban J connectivity index is 1.37. The van der Waals surface area contributed by atoms with Crippen molar-refractivity contribution in [2.24, 2.45) is 7.05 Å². The zero-order valence-corrected chi connectivity index (χ0v) is 18.8. The molecule has 1 amide bonds. The van der Waals surface area contributed by atoms with Crippen LogP contribution >= 0.6 is 11.3 Å². The molecule has 0 spiro atoms. The minimum atomic E-state index is -3.97. The number of rotatable bonds is 5. The summed E-state index contributed by atoms with van der Waals surface area (Å²) in [6.45, 7) is 0. The molecule has 31 heavy (non-hydrogen) atoms. The number of amides is 1. The Morgan fingerprint density at radius 2 is 1.87 bits per heavy atom. The maximum absolute atomic E-state index is 12.9. The minimum Gasteiger partial charge on any atom is -0.344 e. The summed E-state index contributed by atoms with van der Waals surface area (Å²) in [6.07, 6.45) is 4.69. The molecule has 1 N–H and O–H groups in total. The molecule has 2 aromatic carbocycles. The molecule has 0 aliphatic heterocycles. The summed E-state index contributed by atoms with van der Waals surface area (Å²) in [4.78, 5) is 17.1. The molecule has 1 aliphatic carbocycles. The Hall–Kier alpha value is -2.71. The molecule has 0 bridgehead atoms. The maximum atomic E-state index is 12.9. The van der Waals surface area contributed by atoms with Gasteiger partial charge in [0.15, 0.2) is 0 Å². The molecular weight excluding hydrogens is 430 g/mol. The molecule has 2 aromatic heterocycles. The summed E-state index contributed by atoms with van der Waals surface area (Å²) in [5, 5.41) is 4.74. The first kappa shape index (κ1) is 20.2. The van der Waals surface area contributed by atoms with E-state index in [1.54, 1.807) is 23.5 Å². The lowest BCUT2D eigenvalue weighted by Gasteiger charge is -2.07. The van der Waals surface area contributed by atoms with Gasteiger partial charge in [-0.3, -0.25) is 4.79 Å². The van der Waals surface area contributed by atoms with Gasteiger partial charge in [-0.05, 0) is 37.1 Å². The van der Waals surface area contributed by atoms with Crippen molar-refractivity contribution >= 4 is 49.1 Å². The van der Waals surface area contributed by atoms with Crippen molar-refractivity contribution in [3.05, 3.63) is 58.5 Å². The van der Waals surface area contributed by atoms with E-state index in [9.17, 15) is 13.2 Å². The monoisotopic (exact) mass is 453 g/mol. The van der Waals surface area contributed by atoms with Crippen molar-refractivity contribution in [1.29, 1.82) is 0 Å². The molecule has 0 radical (unpaired) electrons. The number of benzene rings is 2. The summed E-state index contributed by atoms with van der Waals surface area (Å²) < 4.78 is 30.0. The number of para-hydroxylation sites is 1. The van der Waals surface area contributed by atoms with E-state index < -0.39 is 15.9 Å². The van der Waals surface area contributed by atoms with Gasteiger partial charge in [0.25, 0.3) is 10.0 Å². The fourth-order valence-corrected chi connectivity index (χ4v) is 6.49. The summed E-state index contributed by atoms with van der Waals surface area (Å²) >= 11 is 1.57. The fourth-order valence-electron chi connectivity index (χ4n) is 4.49. The highest BCUT2D eigenvalue weighted by molar-refractivity contribution is 7.90. The van der Waals surface area contributed by atoms with Gasteiger partial charge in [0.05, 0.1) is 22.0 Å². The van der Waals surface area contributed by atoms with Crippen LogP contribution in [-0.2, 0) is 28.3 Å². The lowest BCUT2D eigenvalue weighted by Crippen LogP contribution is -2.31.